The van der Waals surface area contributed by atoms with Gasteiger partial charge in [0.05, 0.1) is 18.8 Å². The van der Waals surface area contributed by atoms with Crippen molar-refractivity contribution >= 4 is 17.5 Å². The van der Waals surface area contributed by atoms with E-state index in [1.54, 1.807) is 36.3 Å². The zero-order chi connectivity index (χ0) is 16.4. The van der Waals surface area contributed by atoms with E-state index in [9.17, 15) is 9.90 Å². The van der Waals surface area contributed by atoms with Crippen molar-refractivity contribution in [3.8, 4) is 11.3 Å². The van der Waals surface area contributed by atoms with Crippen LogP contribution in [0.5, 0.6) is 0 Å². The fourth-order valence-corrected chi connectivity index (χ4v) is 2.98. The Kier molecular flexibility index (Phi) is 4.66. The van der Waals surface area contributed by atoms with Crippen LogP contribution in [-0.2, 0) is 4.74 Å². The van der Waals surface area contributed by atoms with Gasteiger partial charge in [-0.25, -0.2) is 0 Å². The van der Waals surface area contributed by atoms with Crippen LogP contribution in [0, 0.1) is 0 Å². The fourth-order valence-electron chi connectivity index (χ4n) is 2.79. The van der Waals surface area contributed by atoms with Crippen molar-refractivity contribution in [3.63, 3.8) is 0 Å². The molecule has 1 fully saturated rings. The number of halogens is 1. The topological polar surface area (TPSA) is 75.8 Å². The van der Waals surface area contributed by atoms with Gasteiger partial charge in [-0.3, -0.25) is 4.79 Å². The zero-order valence-electron chi connectivity index (χ0n) is 12.6. The SMILES string of the molecule is COC[C@@H]1C[C@H](O)CN1C(=O)c1cc(-c2cccc(Cl)c2)on1. The Morgan fingerprint density at radius 3 is 3.09 bits per heavy atom. The number of benzene rings is 1. The Bertz CT molecular complexity index is 703. The van der Waals surface area contributed by atoms with Gasteiger partial charge in [0, 0.05) is 30.3 Å². The van der Waals surface area contributed by atoms with Crippen molar-refractivity contribution in [1.82, 2.24) is 10.1 Å². The normalized spacial score (nSPS) is 20.9. The molecule has 7 heteroatoms. The Hall–Kier alpha value is -1.89. The summed E-state index contributed by atoms with van der Waals surface area (Å²) < 4.78 is 10.4. The van der Waals surface area contributed by atoms with E-state index in [1.807, 2.05) is 6.07 Å². The lowest BCUT2D eigenvalue weighted by Crippen LogP contribution is -2.38. The Morgan fingerprint density at radius 1 is 1.52 bits per heavy atom. The zero-order valence-corrected chi connectivity index (χ0v) is 13.4. The lowest BCUT2D eigenvalue weighted by atomic mass is 10.1. The number of hydrogen-bond acceptors (Lipinski definition) is 5. The monoisotopic (exact) mass is 336 g/mol. The summed E-state index contributed by atoms with van der Waals surface area (Å²) in [5.41, 5.74) is 0.953. The molecule has 1 aromatic carbocycles. The first kappa shape index (κ1) is 16.0. The summed E-state index contributed by atoms with van der Waals surface area (Å²) in [6.45, 7) is 0.647. The second kappa shape index (κ2) is 6.70. The predicted octanol–water partition coefficient (Wildman–Crippen LogP) is 2.22. The van der Waals surface area contributed by atoms with Gasteiger partial charge >= 0.3 is 0 Å². The minimum absolute atomic E-state index is 0.159. The number of amides is 1. The van der Waals surface area contributed by atoms with Gasteiger partial charge < -0.3 is 19.3 Å². The van der Waals surface area contributed by atoms with Crippen LogP contribution in [0.3, 0.4) is 0 Å². The Balaban J connectivity index is 1.81. The number of nitrogens with zero attached hydrogens (tertiary/aromatic N) is 2. The molecule has 23 heavy (non-hydrogen) atoms. The first-order valence-electron chi connectivity index (χ1n) is 7.29. The molecular weight excluding hydrogens is 320 g/mol. The van der Waals surface area contributed by atoms with E-state index >= 15 is 0 Å². The van der Waals surface area contributed by atoms with E-state index in [1.165, 1.54) is 0 Å². The quantitative estimate of drug-likeness (QED) is 0.926. The summed E-state index contributed by atoms with van der Waals surface area (Å²) in [7, 11) is 1.57. The van der Waals surface area contributed by atoms with E-state index in [0.717, 1.165) is 5.56 Å². The molecule has 1 aliphatic heterocycles. The van der Waals surface area contributed by atoms with Gasteiger partial charge in [-0.05, 0) is 18.6 Å². The van der Waals surface area contributed by atoms with Crippen LogP contribution >= 0.6 is 11.6 Å². The standard InChI is InChI=1S/C16H17ClN2O4/c1-22-9-12-6-13(20)8-19(12)16(21)14-7-15(23-18-14)10-3-2-4-11(17)5-10/h2-5,7,12-13,20H,6,8-9H2,1H3/t12-,13-/m0/s1. The van der Waals surface area contributed by atoms with Gasteiger partial charge in [0.15, 0.2) is 11.5 Å². The molecular formula is C16H17ClN2O4. The molecule has 1 aromatic heterocycles. The minimum atomic E-state index is -0.543. The number of aliphatic hydroxyl groups excluding tert-OH is 1. The number of rotatable bonds is 4. The second-order valence-electron chi connectivity index (χ2n) is 5.54. The molecule has 1 saturated heterocycles. The highest BCUT2D eigenvalue weighted by Crippen LogP contribution is 2.25. The van der Waals surface area contributed by atoms with Crippen LogP contribution < -0.4 is 0 Å². The first-order chi connectivity index (χ1) is 11.1. The molecule has 6 nitrogen and oxygen atoms in total. The van der Waals surface area contributed by atoms with Gasteiger partial charge in [0.2, 0.25) is 0 Å². The number of methoxy groups -OCH3 is 1. The molecule has 2 atom stereocenters. The molecule has 122 valence electrons. The van der Waals surface area contributed by atoms with Crippen LogP contribution in [0.25, 0.3) is 11.3 Å². The number of carbonyl (C=O) groups excluding carboxylic acids is 1. The van der Waals surface area contributed by atoms with Gasteiger partial charge in [-0.2, -0.15) is 0 Å². The van der Waals surface area contributed by atoms with Crippen LogP contribution in [0.4, 0.5) is 0 Å². The van der Waals surface area contributed by atoms with E-state index < -0.39 is 6.10 Å². The molecule has 2 heterocycles. The number of carbonyl (C=O) groups is 1. The minimum Gasteiger partial charge on any atom is -0.391 e. The highest BCUT2D eigenvalue weighted by molar-refractivity contribution is 6.30. The molecule has 0 spiro atoms. The number of β-amino-alcohol motifs (C(OH)–C–C–N with tert-alkyl or cyclic N) is 1. The molecule has 1 amide bonds. The third-order valence-corrected chi connectivity index (χ3v) is 4.09. The van der Waals surface area contributed by atoms with E-state index in [2.05, 4.69) is 5.16 Å². The summed E-state index contributed by atoms with van der Waals surface area (Å²) in [6, 6.07) is 8.55. The number of ether oxygens (including phenoxy) is 1. The lowest BCUT2D eigenvalue weighted by Gasteiger charge is -2.22. The molecule has 1 aliphatic rings. The molecule has 0 unspecified atom stereocenters. The largest absolute Gasteiger partial charge is 0.391 e. The fraction of sp³-hybridized carbons (Fsp3) is 0.375. The number of hydrogen-bond donors (Lipinski definition) is 1. The molecule has 1 N–H and O–H groups in total. The van der Waals surface area contributed by atoms with Crippen molar-refractivity contribution in [2.75, 3.05) is 20.3 Å². The maximum atomic E-state index is 12.6. The van der Waals surface area contributed by atoms with Crippen molar-refractivity contribution < 1.29 is 19.2 Å². The maximum absolute atomic E-state index is 12.6. The van der Waals surface area contributed by atoms with Crippen LogP contribution in [-0.4, -0.2) is 53.5 Å². The Morgan fingerprint density at radius 2 is 2.35 bits per heavy atom. The molecule has 0 saturated carbocycles. The van der Waals surface area contributed by atoms with Crippen LogP contribution in [0.2, 0.25) is 5.02 Å². The van der Waals surface area contributed by atoms with E-state index in [4.69, 9.17) is 20.9 Å². The third kappa shape index (κ3) is 3.39. The number of aliphatic hydroxyl groups is 1. The van der Waals surface area contributed by atoms with E-state index in [-0.39, 0.29) is 24.2 Å². The van der Waals surface area contributed by atoms with Crippen LogP contribution in [0.1, 0.15) is 16.9 Å². The van der Waals surface area contributed by atoms with Gasteiger partial charge in [0.1, 0.15) is 0 Å². The second-order valence-corrected chi connectivity index (χ2v) is 5.98. The number of aromatic nitrogens is 1. The molecule has 2 aromatic rings. The van der Waals surface area contributed by atoms with Crippen molar-refractivity contribution in [2.45, 2.75) is 18.6 Å². The molecule has 0 aliphatic carbocycles. The molecule has 0 radical (unpaired) electrons. The van der Waals surface area contributed by atoms with Crippen molar-refractivity contribution in [2.24, 2.45) is 0 Å². The number of likely N-dealkylation sites (tertiary alicyclic amines) is 1. The average molecular weight is 337 g/mol. The summed E-state index contributed by atoms with van der Waals surface area (Å²) in [5, 5.41) is 14.2. The van der Waals surface area contributed by atoms with Crippen LogP contribution in [0.15, 0.2) is 34.9 Å². The molecule has 0 bridgehead atoms. The maximum Gasteiger partial charge on any atom is 0.276 e. The third-order valence-electron chi connectivity index (χ3n) is 3.85. The van der Waals surface area contributed by atoms with E-state index in [0.29, 0.717) is 23.8 Å². The van der Waals surface area contributed by atoms with Gasteiger partial charge in [0.25, 0.3) is 5.91 Å². The summed E-state index contributed by atoms with van der Waals surface area (Å²) >= 11 is 5.96. The van der Waals surface area contributed by atoms with Crippen molar-refractivity contribution in [3.05, 3.63) is 41.0 Å². The molecule has 3 rings (SSSR count). The van der Waals surface area contributed by atoms with Gasteiger partial charge in [-0.1, -0.05) is 28.9 Å². The average Bonchev–Trinajstić information content (AvgIpc) is 3.14. The highest BCUT2D eigenvalue weighted by Gasteiger charge is 2.35. The summed E-state index contributed by atoms with van der Waals surface area (Å²) in [5.74, 6) is 0.194. The van der Waals surface area contributed by atoms with Crippen molar-refractivity contribution in [1.29, 1.82) is 0 Å². The lowest BCUT2D eigenvalue weighted by molar-refractivity contribution is 0.0613. The highest BCUT2D eigenvalue weighted by atomic mass is 35.5. The van der Waals surface area contributed by atoms with Gasteiger partial charge in [-0.15, -0.1) is 0 Å². The summed E-state index contributed by atoms with van der Waals surface area (Å²) in [6.07, 6.45) is -0.0446. The first-order valence-corrected chi connectivity index (χ1v) is 7.67. The summed E-state index contributed by atoms with van der Waals surface area (Å²) in [4.78, 5) is 14.2. The predicted molar refractivity (Wildman–Crippen MR) is 84.3 cm³/mol. The smallest absolute Gasteiger partial charge is 0.276 e. The Labute approximate surface area is 138 Å².